The lowest BCUT2D eigenvalue weighted by Crippen LogP contribution is -2.74. The molecule has 0 bridgehead atoms. The maximum absolute atomic E-state index is 12.8. The second kappa shape index (κ2) is 9.71. The molecule has 5 rings (SSSR count). The lowest BCUT2D eigenvalue weighted by atomic mass is 9.41. The largest absolute Gasteiger partial charge is 0.465 e. The highest BCUT2D eigenvalue weighted by molar-refractivity contribution is 5.72. The zero-order valence-electron chi connectivity index (χ0n) is 23.3. The molecule has 0 radical (unpaired) electrons. The van der Waals surface area contributed by atoms with Crippen LogP contribution in [0.2, 0.25) is 0 Å². The third-order valence-corrected chi connectivity index (χ3v) is 10.3. The molecule has 0 unspecified atom stereocenters. The van der Waals surface area contributed by atoms with Gasteiger partial charge in [0.1, 0.15) is 18.3 Å². The van der Waals surface area contributed by atoms with E-state index in [0.717, 1.165) is 12.8 Å². The van der Waals surface area contributed by atoms with Gasteiger partial charge in [-0.15, -0.1) is 0 Å². The van der Waals surface area contributed by atoms with E-state index in [2.05, 4.69) is 13.8 Å². The molecule has 0 aromatic heterocycles. The second-order valence-corrected chi connectivity index (χ2v) is 12.6. The number of hydrogen-bond acceptors (Lipinski definition) is 10. The van der Waals surface area contributed by atoms with Gasteiger partial charge in [0.2, 0.25) is 0 Å². The molecule has 3 saturated heterocycles. The summed E-state index contributed by atoms with van der Waals surface area (Å²) in [5, 5.41) is 11.6. The van der Waals surface area contributed by atoms with Crippen molar-refractivity contribution < 1.29 is 47.9 Å². The number of epoxide rings is 1. The molecule has 1 N–H and O–H groups in total. The maximum Gasteiger partial charge on any atom is 0.308 e. The summed E-state index contributed by atoms with van der Waals surface area (Å²) in [4.78, 5) is 37.4. The van der Waals surface area contributed by atoms with Crippen LogP contribution in [0.5, 0.6) is 0 Å². The normalized spacial score (nSPS) is 47.4. The van der Waals surface area contributed by atoms with E-state index < -0.39 is 58.6 Å². The standard InChI is InChI=1S/C28H42O10/c1-14(2)24(32)38-23-19(31)11-20-26(6,21-10-18-7-8-33-25(18)37-21)15(3)9-22(36-17(5)30)27(20,12-34-16(4)29)28(23)13-35-28/h14-15,18-23,25,31H,7-13H2,1-6H3/t15-,18-,19-,20-,21+,22+,23+,25+,26+,27+,28-/m1/s1. The van der Waals surface area contributed by atoms with Gasteiger partial charge >= 0.3 is 17.9 Å². The van der Waals surface area contributed by atoms with Gasteiger partial charge in [-0.25, -0.2) is 0 Å². The van der Waals surface area contributed by atoms with Gasteiger partial charge in [0.05, 0.1) is 36.8 Å². The number of fused-ring (bicyclic) bond motifs is 3. The highest BCUT2D eigenvalue weighted by Crippen LogP contribution is 2.70. The minimum absolute atomic E-state index is 0.0314. The summed E-state index contributed by atoms with van der Waals surface area (Å²) < 4.78 is 36.2. The molecule has 10 heteroatoms. The summed E-state index contributed by atoms with van der Waals surface area (Å²) >= 11 is 0. The molecular formula is C28H42O10. The lowest BCUT2D eigenvalue weighted by Gasteiger charge is -2.65. The summed E-state index contributed by atoms with van der Waals surface area (Å²) in [5.41, 5.74) is -2.74. The van der Waals surface area contributed by atoms with Crippen LogP contribution in [-0.4, -0.2) is 79.1 Å². The minimum Gasteiger partial charge on any atom is -0.465 e. The summed E-state index contributed by atoms with van der Waals surface area (Å²) in [6.07, 6.45) is -0.633. The number of ether oxygens (including phenoxy) is 6. The van der Waals surface area contributed by atoms with Crippen molar-refractivity contribution in [3.63, 3.8) is 0 Å². The summed E-state index contributed by atoms with van der Waals surface area (Å²) in [7, 11) is 0. The predicted molar refractivity (Wildman–Crippen MR) is 131 cm³/mol. The number of rotatable bonds is 6. The Morgan fingerprint density at radius 3 is 2.37 bits per heavy atom. The van der Waals surface area contributed by atoms with E-state index in [-0.39, 0.29) is 43.9 Å². The Bertz CT molecular complexity index is 949. The Labute approximate surface area is 224 Å². The van der Waals surface area contributed by atoms with Gasteiger partial charge in [-0.05, 0) is 37.5 Å². The predicted octanol–water partition coefficient (Wildman–Crippen LogP) is 2.38. The average Bonchev–Trinajstić information content (AvgIpc) is 3.31. The molecule has 0 amide bonds. The first-order valence-electron chi connectivity index (χ1n) is 14.0. The number of esters is 3. The van der Waals surface area contributed by atoms with E-state index in [0.29, 0.717) is 18.9 Å². The monoisotopic (exact) mass is 538 g/mol. The SMILES string of the molecule is CC(=O)OC[C@@]12[C@@H](OC(C)=O)C[C@@H](C)[C@](C)([C@@H]3C[C@H]4CCO[C@H]4O3)[C@H]1C[C@@H](O)[C@H](OC(=O)C(C)C)[C@]21CO1. The number of aliphatic hydroxyl groups excluding tert-OH is 1. The number of hydrogen-bond donors (Lipinski definition) is 1. The zero-order valence-corrected chi connectivity index (χ0v) is 23.3. The van der Waals surface area contributed by atoms with Crippen molar-refractivity contribution in [1.82, 2.24) is 0 Å². The van der Waals surface area contributed by atoms with Gasteiger partial charge in [0, 0.05) is 25.2 Å². The molecule has 0 aromatic carbocycles. The third-order valence-electron chi connectivity index (χ3n) is 10.3. The average molecular weight is 539 g/mol. The molecule has 38 heavy (non-hydrogen) atoms. The van der Waals surface area contributed by atoms with Gasteiger partial charge in [-0.1, -0.05) is 27.7 Å². The number of aliphatic hydroxyl groups is 1. The highest BCUT2D eigenvalue weighted by atomic mass is 16.7. The molecule has 3 heterocycles. The van der Waals surface area contributed by atoms with Gasteiger partial charge in [-0.2, -0.15) is 0 Å². The zero-order chi connectivity index (χ0) is 27.6. The molecule has 1 spiro atoms. The van der Waals surface area contributed by atoms with Crippen molar-refractivity contribution in [2.45, 2.75) is 104 Å². The first-order valence-corrected chi connectivity index (χ1v) is 14.0. The topological polar surface area (TPSA) is 130 Å². The Hall–Kier alpha value is -1.75. The van der Waals surface area contributed by atoms with Crippen LogP contribution < -0.4 is 0 Å². The summed E-state index contributed by atoms with van der Waals surface area (Å²) in [6.45, 7) is 11.2. The Morgan fingerprint density at radius 1 is 1.08 bits per heavy atom. The molecule has 214 valence electrons. The van der Waals surface area contributed by atoms with Gasteiger partial charge in [0.15, 0.2) is 12.4 Å². The van der Waals surface area contributed by atoms with Crippen molar-refractivity contribution >= 4 is 17.9 Å². The van der Waals surface area contributed by atoms with Gasteiger partial charge < -0.3 is 33.5 Å². The van der Waals surface area contributed by atoms with E-state index in [9.17, 15) is 19.5 Å². The van der Waals surface area contributed by atoms with Crippen LogP contribution in [0.4, 0.5) is 0 Å². The van der Waals surface area contributed by atoms with Crippen LogP contribution in [0.25, 0.3) is 0 Å². The molecular weight excluding hydrogens is 496 g/mol. The van der Waals surface area contributed by atoms with E-state index >= 15 is 0 Å². The molecule has 3 aliphatic heterocycles. The minimum atomic E-state index is -1.18. The third kappa shape index (κ3) is 4.09. The van der Waals surface area contributed by atoms with Crippen LogP contribution in [0, 0.1) is 34.5 Å². The fraction of sp³-hybridized carbons (Fsp3) is 0.893. The molecule has 5 fully saturated rings. The van der Waals surface area contributed by atoms with Gasteiger partial charge in [0.25, 0.3) is 0 Å². The molecule has 0 aromatic rings. The molecule has 5 aliphatic rings. The van der Waals surface area contributed by atoms with Crippen LogP contribution in [0.15, 0.2) is 0 Å². The van der Waals surface area contributed by atoms with Crippen LogP contribution in [0.1, 0.15) is 67.2 Å². The van der Waals surface area contributed by atoms with E-state index in [1.54, 1.807) is 13.8 Å². The number of carbonyl (C=O) groups excluding carboxylic acids is 3. The Balaban J connectivity index is 1.63. The first kappa shape index (κ1) is 27.8. The highest BCUT2D eigenvalue weighted by Gasteiger charge is 2.81. The van der Waals surface area contributed by atoms with Crippen molar-refractivity contribution in [3.05, 3.63) is 0 Å². The van der Waals surface area contributed by atoms with Gasteiger partial charge in [-0.3, -0.25) is 14.4 Å². The summed E-state index contributed by atoms with van der Waals surface area (Å²) in [5.74, 6) is -1.79. The quantitative estimate of drug-likeness (QED) is 0.306. The van der Waals surface area contributed by atoms with Crippen molar-refractivity contribution in [2.75, 3.05) is 19.8 Å². The van der Waals surface area contributed by atoms with E-state index in [4.69, 9.17) is 28.4 Å². The van der Waals surface area contributed by atoms with E-state index in [1.807, 2.05) is 0 Å². The van der Waals surface area contributed by atoms with Crippen LogP contribution >= 0.6 is 0 Å². The maximum atomic E-state index is 12.8. The van der Waals surface area contributed by atoms with E-state index in [1.165, 1.54) is 13.8 Å². The number of carbonyl (C=O) groups is 3. The van der Waals surface area contributed by atoms with Crippen LogP contribution in [0.3, 0.4) is 0 Å². The molecule has 10 nitrogen and oxygen atoms in total. The van der Waals surface area contributed by atoms with Crippen molar-refractivity contribution in [3.8, 4) is 0 Å². The second-order valence-electron chi connectivity index (χ2n) is 12.6. The van der Waals surface area contributed by atoms with Crippen molar-refractivity contribution in [1.29, 1.82) is 0 Å². The van der Waals surface area contributed by atoms with Crippen LogP contribution in [-0.2, 0) is 42.8 Å². The molecule has 2 saturated carbocycles. The smallest absolute Gasteiger partial charge is 0.308 e. The fourth-order valence-corrected chi connectivity index (χ4v) is 8.14. The first-order chi connectivity index (χ1) is 17.9. The summed E-state index contributed by atoms with van der Waals surface area (Å²) in [6, 6.07) is 0. The lowest BCUT2D eigenvalue weighted by molar-refractivity contribution is -0.285. The molecule has 11 atom stereocenters. The Kier molecular flexibility index (Phi) is 7.11. The Morgan fingerprint density at radius 2 is 1.79 bits per heavy atom. The fourth-order valence-electron chi connectivity index (χ4n) is 8.14. The van der Waals surface area contributed by atoms with Crippen molar-refractivity contribution in [2.24, 2.45) is 34.5 Å². The molecule has 2 aliphatic carbocycles.